The summed E-state index contributed by atoms with van der Waals surface area (Å²) in [5.41, 5.74) is 1.87. The molecule has 0 atom stereocenters. The van der Waals surface area contributed by atoms with Crippen LogP contribution in [0.25, 0.3) is 17.1 Å². The molecule has 0 aliphatic carbocycles. The molecule has 106 valence electrons. The highest BCUT2D eigenvalue weighted by molar-refractivity contribution is 8.93. The second kappa shape index (κ2) is 8.57. The Hall–Kier alpha value is -1.57. The highest BCUT2D eigenvalue weighted by Crippen LogP contribution is 2.13. The van der Waals surface area contributed by atoms with Crippen molar-refractivity contribution < 1.29 is 0 Å². The fourth-order valence-electron chi connectivity index (χ4n) is 1.59. The highest BCUT2D eigenvalue weighted by atomic mass is 79.9. The predicted octanol–water partition coefficient (Wildman–Crippen LogP) is 3.65. The van der Waals surface area contributed by atoms with E-state index >= 15 is 0 Å². The van der Waals surface area contributed by atoms with Crippen molar-refractivity contribution in [2.24, 2.45) is 0 Å². The maximum atomic E-state index is 4.35. The van der Waals surface area contributed by atoms with Crippen molar-refractivity contribution in [1.29, 1.82) is 0 Å². The molecule has 1 heterocycles. The minimum atomic E-state index is 0. The van der Waals surface area contributed by atoms with Gasteiger partial charge in [-0.05, 0) is 17.3 Å². The van der Waals surface area contributed by atoms with E-state index in [0.717, 1.165) is 11.3 Å². The molecular formula is C13H15Br2N5. The normalized spacial score (nSPS) is 8.80. The van der Waals surface area contributed by atoms with Crippen molar-refractivity contribution in [3.63, 3.8) is 0 Å². The lowest BCUT2D eigenvalue weighted by Crippen LogP contribution is -1.98. The third-order valence-corrected chi connectivity index (χ3v) is 2.43. The van der Waals surface area contributed by atoms with Crippen molar-refractivity contribution in [2.75, 3.05) is 0 Å². The molecular weight excluding hydrogens is 386 g/mol. The molecule has 0 amide bonds. The number of aromatic nitrogens is 4. The van der Waals surface area contributed by atoms with Gasteiger partial charge < -0.3 is 6.15 Å². The number of hydrogen-bond donors (Lipinski definition) is 1. The first-order chi connectivity index (χ1) is 8.43. The van der Waals surface area contributed by atoms with Crippen LogP contribution in [0.2, 0.25) is 0 Å². The number of hydrogen-bond acceptors (Lipinski definition) is 4. The first kappa shape index (κ1) is 18.4. The molecule has 3 N–H and O–H groups in total. The topological polar surface area (TPSA) is 78.6 Å². The molecule has 0 bridgehead atoms. The van der Waals surface area contributed by atoms with E-state index in [2.05, 4.69) is 15.4 Å². The van der Waals surface area contributed by atoms with Gasteiger partial charge in [-0.25, -0.2) is 0 Å². The molecule has 0 aliphatic rings. The van der Waals surface area contributed by atoms with E-state index in [-0.39, 0.29) is 40.1 Å². The van der Waals surface area contributed by atoms with E-state index in [0.29, 0.717) is 5.82 Å². The Labute approximate surface area is 138 Å². The van der Waals surface area contributed by atoms with Crippen molar-refractivity contribution in [3.05, 3.63) is 60.7 Å². The molecule has 0 spiro atoms. The van der Waals surface area contributed by atoms with E-state index in [1.807, 2.05) is 60.7 Å². The molecule has 0 fully saturated rings. The Morgan fingerprint density at radius 3 is 1.90 bits per heavy atom. The first-order valence-electron chi connectivity index (χ1n) is 5.34. The molecule has 0 saturated heterocycles. The summed E-state index contributed by atoms with van der Waals surface area (Å²) in [6, 6.07) is 19.5. The van der Waals surface area contributed by atoms with Gasteiger partial charge in [0.25, 0.3) is 0 Å². The summed E-state index contributed by atoms with van der Waals surface area (Å²) >= 11 is 0. The van der Waals surface area contributed by atoms with Gasteiger partial charge in [0, 0.05) is 5.56 Å². The second-order valence-electron chi connectivity index (χ2n) is 3.60. The smallest absolute Gasteiger partial charge is 0.205 e. The zero-order chi connectivity index (χ0) is 11.5. The molecule has 2 aromatic carbocycles. The van der Waals surface area contributed by atoms with Crippen LogP contribution in [0.4, 0.5) is 0 Å². The quantitative estimate of drug-likeness (QED) is 0.711. The molecule has 0 unspecified atom stereocenters. The summed E-state index contributed by atoms with van der Waals surface area (Å²) in [7, 11) is 0. The standard InChI is InChI=1S/C13H10N4.2BrH.H3N/c1-3-7-11(8-4-1)13-14-16-17(15-13)12-9-5-2-6-10-12;;;/h1-10H;2*1H;1H3. The third kappa shape index (κ3) is 3.96. The number of tetrazole rings is 1. The minimum absolute atomic E-state index is 0. The minimum Gasteiger partial charge on any atom is -0.344 e. The summed E-state index contributed by atoms with van der Waals surface area (Å²) in [6.45, 7) is 0. The Morgan fingerprint density at radius 2 is 1.30 bits per heavy atom. The van der Waals surface area contributed by atoms with Crippen LogP contribution in [0.5, 0.6) is 0 Å². The van der Waals surface area contributed by atoms with Crippen LogP contribution in [0.15, 0.2) is 60.7 Å². The van der Waals surface area contributed by atoms with Gasteiger partial charge >= 0.3 is 0 Å². The number of rotatable bonds is 2. The fraction of sp³-hybridized carbons (Fsp3) is 0. The lowest BCUT2D eigenvalue weighted by Gasteiger charge is -1.95. The maximum Gasteiger partial charge on any atom is 0.205 e. The lowest BCUT2D eigenvalue weighted by atomic mass is 10.2. The second-order valence-corrected chi connectivity index (χ2v) is 3.60. The molecule has 7 heteroatoms. The lowest BCUT2D eigenvalue weighted by molar-refractivity contribution is 0.720. The van der Waals surface area contributed by atoms with E-state index in [1.54, 1.807) is 0 Å². The monoisotopic (exact) mass is 399 g/mol. The van der Waals surface area contributed by atoms with Gasteiger partial charge in [-0.15, -0.1) is 49.0 Å². The highest BCUT2D eigenvalue weighted by Gasteiger charge is 2.05. The Bertz CT molecular complexity index is 559. The van der Waals surface area contributed by atoms with Gasteiger partial charge in [0.2, 0.25) is 5.82 Å². The van der Waals surface area contributed by atoms with Gasteiger partial charge in [-0.2, -0.15) is 0 Å². The number of halogens is 2. The van der Waals surface area contributed by atoms with E-state index in [9.17, 15) is 0 Å². The maximum absolute atomic E-state index is 4.35. The molecule has 5 nitrogen and oxygen atoms in total. The van der Waals surface area contributed by atoms with Crippen molar-refractivity contribution in [1.82, 2.24) is 26.4 Å². The summed E-state index contributed by atoms with van der Waals surface area (Å²) in [5.74, 6) is 0.634. The molecule has 0 saturated carbocycles. The van der Waals surface area contributed by atoms with E-state index in [4.69, 9.17) is 0 Å². The largest absolute Gasteiger partial charge is 0.344 e. The average molecular weight is 401 g/mol. The number of benzene rings is 2. The van der Waals surface area contributed by atoms with Crippen LogP contribution in [-0.2, 0) is 0 Å². The molecule has 20 heavy (non-hydrogen) atoms. The summed E-state index contributed by atoms with van der Waals surface area (Å²) in [6.07, 6.45) is 0. The van der Waals surface area contributed by atoms with Crippen LogP contribution < -0.4 is 6.15 Å². The predicted molar refractivity (Wildman–Crippen MR) is 90.3 cm³/mol. The first-order valence-corrected chi connectivity index (χ1v) is 5.34. The van der Waals surface area contributed by atoms with Gasteiger partial charge in [0.1, 0.15) is 0 Å². The van der Waals surface area contributed by atoms with E-state index < -0.39 is 0 Å². The zero-order valence-corrected chi connectivity index (χ0v) is 14.0. The Kier molecular flexibility index (Phi) is 7.90. The molecule has 3 rings (SSSR count). The van der Waals surface area contributed by atoms with E-state index in [1.165, 1.54) is 4.80 Å². The van der Waals surface area contributed by atoms with Gasteiger partial charge in [-0.3, -0.25) is 0 Å². The molecule has 0 aliphatic heterocycles. The fourth-order valence-corrected chi connectivity index (χ4v) is 1.59. The molecule has 1 aromatic heterocycles. The average Bonchev–Trinajstić information content (AvgIpc) is 2.90. The molecule has 3 aromatic rings. The van der Waals surface area contributed by atoms with Crippen LogP contribution in [0.1, 0.15) is 0 Å². The third-order valence-electron chi connectivity index (χ3n) is 2.43. The SMILES string of the molecule is Br.Br.N.c1ccc(-c2nnn(-c3ccccc3)n2)cc1. The van der Waals surface area contributed by atoms with Crippen LogP contribution in [-0.4, -0.2) is 20.2 Å². The van der Waals surface area contributed by atoms with Crippen LogP contribution in [0.3, 0.4) is 0 Å². The number of nitrogens with zero attached hydrogens (tertiary/aromatic N) is 4. The van der Waals surface area contributed by atoms with Gasteiger partial charge in [0.05, 0.1) is 5.69 Å². The Balaban J connectivity index is 0.00000120. The van der Waals surface area contributed by atoms with Crippen LogP contribution >= 0.6 is 34.0 Å². The Morgan fingerprint density at radius 1 is 0.750 bits per heavy atom. The molecule has 0 radical (unpaired) electrons. The van der Waals surface area contributed by atoms with Crippen molar-refractivity contribution in [3.8, 4) is 17.1 Å². The zero-order valence-electron chi connectivity index (χ0n) is 10.6. The van der Waals surface area contributed by atoms with Gasteiger partial charge in [0.15, 0.2) is 0 Å². The summed E-state index contributed by atoms with van der Waals surface area (Å²) in [5, 5.41) is 12.4. The van der Waals surface area contributed by atoms with Crippen molar-refractivity contribution >= 4 is 34.0 Å². The van der Waals surface area contributed by atoms with Gasteiger partial charge in [-0.1, -0.05) is 48.5 Å². The number of para-hydroxylation sites is 1. The van der Waals surface area contributed by atoms with Crippen LogP contribution in [0, 0.1) is 0 Å². The van der Waals surface area contributed by atoms with Crippen molar-refractivity contribution in [2.45, 2.75) is 0 Å². The summed E-state index contributed by atoms with van der Waals surface area (Å²) < 4.78 is 0. The summed E-state index contributed by atoms with van der Waals surface area (Å²) in [4.78, 5) is 1.53.